The van der Waals surface area contributed by atoms with Crippen molar-refractivity contribution in [1.82, 2.24) is 0 Å². The number of benzene rings is 2. The summed E-state index contributed by atoms with van der Waals surface area (Å²) >= 11 is 0. The van der Waals surface area contributed by atoms with Crippen LogP contribution in [0.4, 0.5) is 18.9 Å². The predicted octanol–water partition coefficient (Wildman–Crippen LogP) is 4.81. The number of halogens is 3. The lowest BCUT2D eigenvalue weighted by Crippen LogP contribution is -2.17. The number of hydrogen-bond acceptors (Lipinski definition) is 2. The van der Waals surface area contributed by atoms with E-state index in [1.54, 1.807) is 12.1 Å². The molecule has 0 spiro atoms. The molecule has 21 heavy (non-hydrogen) atoms. The van der Waals surface area contributed by atoms with E-state index < -0.39 is 6.36 Å². The van der Waals surface area contributed by atoms with Crippen molar-refractivity contribution in [3.05, 3.63) is 59.2 Å². The summed E-state index contributed by atoms with van der Waals surface area (Å²) in [6.07, 6.45) is -4.66. The van der Waals surface area contributed by atoms with Gasteiger partial charge in [-0.05, 0) is 49.2 Å². The Morgan fingerprint density at radius 1 is 1.00 bits per heavy atom. The number of alkyl halides is 3. The molecule has 0 radical (unpaired) electrons. The van der Waals surface area contributed by atoms with Gasteiger partial charge in [-0.25, -0.2) is 0 Å². The molecule has 0 amide bonds. The molecular formula is C16H16F3NO. The lowest BCUT2D eigenvalue weighted by atomic mass is 10.1. The smallest absolute Gasteiger partial charge is 0.406 e. The van der Waals surface area contributed by atoms with Crippen molar-refractivity contribution in [1.29, 1.82) is 0 Å². The number of aryl methyl sites for hydroxylation is 2. The highest BCUT2D eigenvalue weighted by Crippen LogP contribution is 2.24. The fourth-order valence-electron chi connectivity index (χ4n) is 2.02. The van der Waals surface area contributed by atoms with Gasteiger partial charge in [-0.15, -0.1) is 13.2 Å². The minimum Gasteiger partial charge on any atom is -0.406 e. The average Bonchev–Trinajstić information content (AvgIpc) is 2.38. The number of ether oxygens (including phenoxy) is 1. The normalized spacial score (nSPS) is 11.3. The lowest BCUT2D eigenvalue weighted by molar-refractivity contribution is -0.274. The fourth-order valence-corrected chi connectivity index (χ4v) is 2.02. The number of nitrogens with one attached hydrogen (secondary N) is 1. The summed E-state index contributed by atoms with van der Waals surface area (Å²) in [5.41, 5.74) is 4.27. The number of hydrogen-bond donors (Lipinski definition) is 1. The third-order valence-electron chi connectivity index (χ3n) is 3.07. The summed E-state index contributed by atoms with van der Waals surface area (Å²) in [7, 11) is 0. The first-order valence-corrected chi connectivity index (χ1v) is 6.49. The molecule has 2 aromatic carbocycles. The van der Waals surface area contributed by atoms with Crippen LogP contribution in [0.1, 0.15) is 16.7 Å². The van der Waals surface area contributed by atoms with Crippen LogP contribution in [0.5, 0.6) is 5.75 Å². The molecule has 2 nitrogen and oxygen atoms in total. The Balaban J connectivity index is 1.97. The minimum atomic E-state index is -4.66. The van der Waals surface area contributed by atoms with Gasteiger partial charge in [0.1, 0.15) is 5.75 Å². The third-order valence-corrected chi connectivity index (χ3v) is 3.07. The van der Waals surface area contributed by atoms with E-state index in [9.17, 15) is 13.2 Å². The molecule has 0 aliphatic heterocycles. The number of rotatable bonds is 4. The van der Waals surface area contributed by atoms with E-state index in [2.05, 4.69) is 16.1 Å². The van der Waals surface area contributed by atoms with Gasteiger partial charge >= 0.3 is 6.36 Å². The summed E-state index contributed by atoms with van der Waals surface area (Å²) in [5, 5.41) is 3.17. The van der Waals surface area contributed by atoms with E-state index in [0.29, 0.717) is 6.54 Å². The largest absolute Gasteiger partial charge is 0.573 e. The quantitative estimate of drug-likeness (QED) is 0.873. The molecule has 0 bridgehead atoms. The van der Waals surface area contributed by atoms with Gasteiger partial charge in [-0.3, -0.25) is 0 Å². The van der Waals surface area contributed by atoms with Gasteiger partial charge in [0.25, 0.3) is 0 Å². The maximum Gasteiger partial charge on any atom is 0.573 e. The van der Waals surface area contributed by atoms with Crippen molar-refractivity contribution >= 4 is 5.69 Å². The molecule has 0 saturated carbocycles. The molecule has 0 aliphatic carbocycles. The maximum atomic E-state index is 12.1. The Kier molecular flexibility index (Phi) is 4.40. The van der Waals surface area contributed by atoms with Crippen LogP contribution in [-0.4, -0.2) is 6.36 Å². The van der Waals surface area contributed by atoms with Crippen molar-refractivity contribution in [2.24, 2.45) is 0 Å². The first-order chi connectivity index (χ1) is 9.83. The highest BCUT2D eigenvalue weighted by Gasteiger charge is 2.30. The van der Waals surface area contributed by atoms with Gasteiger partial charge in [0.15, 0.2) is 0 Å². The topological polar surface area (TPSA) is 21.3 Å². The predicted molar refractivity (Wildman–Crippen MR) is 76.4 cm³/mol. The Morgan fingerprint density at radius 3 is 2.24 bits per heavy atom. The molecule has 0 unspecified atom stereocenters. The molecular weight excluding hydrogens is 279 g/mol. The first kappa shape index (κ1) is 15.2. The van der Waals surface area contributed by atoms with Crippen molar-refractivity contribution in [3.63, 3.8) is 0 Å². The average molecular weight is 295 g/mol. The van der Waals surface area contributed by atoms with Crippen LogP contribution in [0.25, 0.3) is 0 Å². The van der Waals surface area contributed by atoms with Crippen molar-refractivity contribution < 1.29 is 17.9 Å². The molecule has 5 heteroatoms. The highest BCUT2D eigenvalue weighted by molar-refractivity contribution is 5.47. The van der Waals surface area contributed by atoms with E-state index in [1.807, 2.05) is 26.0 Å². The van der Waals surface area contributed by atoms with E-state index in [4.69, 9.17) is 0 Å². The highest BCUT2D eigenvalue weighted by atomic mass is 19.4. The molecule has 0 aromatic heterocycles. The molecule has 0 heterocycles. The Morgan fingerprint density at radius 2 is 1.67 bits per heavy atom. The summed E-state index contributed by atoms with van der Waals surface area (Å²) < 4.78 is 40.0. The second kappa shape index (κ2) is 6.08. The maximum absolute atomic E-state index is 12.1. The molecule has 0 aliphatic rings. The molecule has 0 saturated heterocycles. The fraction of sp³-hybridized carbons (Fsp3) is 0.250. The monoisotopic (exact) mass is 295 g/mol. The molecule has 0 fully saturated rings. The van der Waals surface area contributed by atoms with Gasteiger partial charge in [-0.1, -0.05) is 23.8 Å². The zero-order chi connectivity index (χ0) is 15.5. The van der Waals surface area contributed by atoms with E-state index in [-0.39, 0.29) is 5.75 Å². The van der Waals surface area contributed by atoms with Gasteiger partial charge in [0.05, 0.1) is 0 Å². The second-order valence-electron chi connectivity index (χ2n) is 4.86. The standard InChI is InChI=1S/C16H16F3NO/c1-11-3-4-13(12(2)9-11)10-20-14-5-7-15(8-6-14)21-16(17,18)19/h3-9,20H,10H2,1-2H3. The molecule has 1 N–H and O–H groups in total. The van der Waals surface area contributed by atoms with E-state index >= 15 is 0 Å². The van der Waals surface area contributed by atoms with Crippen molar-refractivity contribution in [3.8, 4) is 5.75 Å². The number of anilines is 1. The van der Waals surface area contributed by atoms with Crippen molar-refractivity contribution in [2.45, 2.75) is 26.8 Å². The van der Waals surface area contributed by atoms with Crippen LogP contribution < -0.4 is 10.1 Å². The third kappa shape index (κ3) is 4.70. The SMILES string of the molecule is Cc1ccc(CNc2ccc(OC(F)(F)F)cc2)c(C)c1. The summed E-state index contributed by atoms with van der Waals surface area (Å²) in [4.78, 5) is 0. The summed E-state index contributed by atoms with van der Waals surface area (Å²) in [6, 6.07) is 11.9. The molecule has 2 rings (SSSR count). The molecule has 0 atom stereocenters. The Hall–Kier alpha value is -2.17. The molecule has 112 valence electrons. The van der Waals surface area contributed by atoms with Crippen LogP contribution >= 0.6 is 0 Å². The van der Waals surface area contributed by atoms with Crippen molar-refractivity contribution in [2.75, 3.05) is 5.32 Å². The van der Waals surface area contributed by atoms with Crippen LogP contribution in [0.3, 0.4) is 0 Å². The Bertz CT molecular complexity index is 606. The zero-order valence-corrected chi connectivity index (χ0v) is 11.8. The van der Waals surface area contributed by atoms with E-state index in [1.165, 1.54) is 23.3 Å². The molecule has 2 aromatic rings. The minimum absolute atomic E-state index is 0.223. The van der Waals surface area contributed by atoms with Gasteiger partial charge < -0.3 is 10.1 Å². The van der Waals surface area contributed by atoms with Crippen LogP contribution in [0, 0.1) is 13.8 Å². The second-order valence-corrected chi connectivity index (χ2v) is 4.86. The van der Waals surface area contributed by atoms with Gasteiger partial charge in [0, 0.05) is 12.2 Å². The first-order valence-electron chi connectivity index (χ1n) is 6.49. The van der Waals surface area contributed by atoms with Gasteiger partial charge in [0.2, 0.25) is 0 Å². The summed E-state index contributed by atoms with van der Waals surface area (Å²) in [5.74, 6) is -0.223. The van der Waals surface area contributed by atoms with Crippen LogP contribution in [-0.2, 0) is 6.54 Å². The van der Waals surface area contributed by atoms with Crippen LogP contribution in [0.2, 0.25) is 0 Å². The van der Waals surface area contributed by atoms with E-state index in [0.717, 1.165) is 11.3 Å². The van der Waals surface area contributed by atoms with Gasteiger partial charge in [-0.2, -0.15) is 0 Å². The zero-order valence-electron chi connectivity index (χ0n) is 11.8. The Labute approximate surface area is 121 Å². The lowest BCUT2D eigenvalue weighted by Gasteiger charge is -2.11. The van der Waals surface area contributed by atoms with Crippen LogP contribution in [0.15, 0.2) is 42.5 Å². The summed E-state index contributed by atoms with van der Waals surface area (Å²) in [6.45, 7) is 4.68.